The van der Waals surface area contributed by atoms with Gasteiger partial charge in [0.1, 0.15) is 17.0 Å². The molecule has 0 radical (unpaired) electrons. The van der Waals surface area contributed by atoms with Gasteiger partial charge in [-0.1, -0.05) is 33.1 Å². The van der Waals surface area contributed by atoms with E-state index in [0.717, 1.165) is 43.0 Å². The molecule has 1 aliphatic heterocycles. The first-order valence-corrected chi connectivity index (χ1v) is 12.8. The first kappa shape index (κ1) is 25.1. The molecule has 2 N–H and O–H groups in total. The van der Waals surface area contributed by atoms with Gasteiger partial charge in [-0.2, -0.15) is 0 Å². The summed E-state index contributed by atoms with van der Waals surface area (Å²) >= 11 is 0. The lowest BCUT2D eigenvalue weighted by molar-refractivity contribution is -0.133. The molecule has 0 spiro atoms. The van der Waals surface area contributed by atoms with Crippen molar-refractivity contribution in [3.8, 4) is 5.75 Å². The van der Waals surface area contributed by atoms with Crippen LogP contribution in [0.4, 0.5) is 5.69 Å². The Balaban J connectivity index is 1.82. The van der Waals surface area contributed by atoms with Crippen molar-refractivity contribution in [1.29, 1.82) is 0 Å². The van der Waals surface area contributed by atoms with E-state index in [1.54, 1.807) is 12.0 Å². The number of carbonyl (C=O) groups excluding carboxylic acids is 3. The fraction of sp³-hybridized carbons (Fsp3) is 0.593. The van der Waals surface area contributed by atoms with E-state index >= 15 is 0 Å². The second-order valence-electron chi connectivity index (χ2n) is 10.6. The van der Waals surface area contributed by atoms with E-state index in [0.29, 0.717) is 36.1 Å². The summed E-state index contributed by atoms with van der Waals surface area (Å²) in [6, 6.07) is 5.70. The normalized spacial score (nSPS) is 20.7. The summed E-state index contributed by atoms with van der Waals surface area (Å²) < 4.78 is 7.31. The Hall–Kier alpha value is -3.03. The third-order valence-electron chi connectivity index (χ3n) is 7.44. The molecule has 8 nitrogen and oxygen atoms in total. The van der Waals surface area contributed by atoms with Gasteiger partial charge in [0.15, 0.2) is 0 Å². The van der Waals surface area contributed by atoms with E-state index in [9.17, 15) is 14.4 Å². The van der Waals surface area contributed by atoms with Crippen LogP contribution in [0.1, 0.15) is 76.7 Å². The summed E-state index contributed by atoms with van der Waals surface area (Å²) in [7, 11) is 1.58. The van der Waals surface area contributed by atoms with Crippen molar-refractivity contribution in [3.05, 3.63) is 23.9 Å². The minimum Gasteiger partial charge on any atom is -0.497 e. The lowest BCUT2D eigenvalue weighted by Crippen LogP contribution is -2.65. The molecule has 2 aliphatic rings. The van der Waals surface area contributed by atoms with Crippen LogP contribution in [0, 0.1) is 5.92 Å². The summed E-state index contributed by atoms with van der Waals surface area (Å²) in [5, 5.41) is 6.88. The van der Waals surface area contributed by atoms with Gasteiger partial charge in [-0.15, -0.1) is 0 Å². The van der Waals surface area contributed by atoms with Crippen LogP contribution >= 0.6 is 0 Å². The smallest absolute Gasteiger partial charge is 0.273 e. The highest BCUT2D eigenvalue weighted by molar-refractivity contribution is 6.14. The van der Waals surface area contributed by atoms with Crippen molar-refractivity contribution in [2.75, 3.05) is 19.0 Å². The van der Waals surface area contributed by atoms with Crippen molar-refractivity contribution in [2.45, 2.75) is 84.3 Å². The number of rotatable bonds is 7. The Labute approximate surface area is 207 Å². The van der Waals surface area contributed by atoms with Crippen molar-refractivity contribution in [1.82, 2.24) is 14.8 Å². The molecule has 1 fully saturated rings. The number of anilines is 1. The minimum atomic E-state index is -1.05. The number of methoxy groups -OCH3 is 1. The van der Waals surface area contributed by atoms with Crippen LogP contribution in [0.3, 0.4) is 0 Å². The number of fused-ring (bicyclic) bond motifs is 3. The highest BCUT2D eigenvalue weighted by Crippen LogP contribution is 2.40. The molecule has 1 aromatic heterocycles. The molecule has 2 heterocycles. The molecule has 0 unspecified atom stereocenters. The predicted molar refractivity (Wildman–Crippen MR) is 137 cm³/mol. The standard InChI is InChI=1S/C27H38N4O4/c1-17(2)13-14-31-25(33)24-23(28-18(3)32)21-15-20(35-5)11-12-22(21)30(24)16-27(31,4)26(34)29-19-9-7-6-8-10-19/h11-12,15,17,19H,6-10,13-14,16H2,1-5H3,(H,28,32)(H,29,34)/t27-/m1/s1. The van der Waals surface area contributed by atoms with Crippen molar-refractivity contribution < 1.29 is 19.1 Å². The first-order valence-electron chi connectivity index (χ1n) is 12.8. The van der Waals surface area contributed by atoms with Crippen LogP contribution in [-0.4, -0.2) is 52.4 Å². The molecule has 8 heteroatoms. The third kappa shape index (κ3) is 4.75. The van der Waals surface area contributed by atoms with Gasteiger partial charge in [0.2, 0.25) is 11.8 Å². The van der Waals surface area contributed by atoms with Gasteiger partial charge >= 0.3 is 0 Å². The van der Waals surface area contributed by atoms with E-state index in [4.69, 9.17) is 4.74 Å². The molecule has 190 valence electrons. The molecule has 4 rings (SSSR count). The summed E-state index contributed by atoms with van der Waals surface area (Å²) in [4.78, 5) is 41.8. The lowest BCUT2D eigenvalue weighted by Gasteiger charge is -2.45. The molecule has 1 aromatic carbocycles. The highest BCUT2D eigenvalue weighted by Gasteiger charge is 2.49. The van der Waals surface area contributed by atoms with E-state index in [1.807, 2.05) is 29.7 Å². The Kier molecular flexibility index (Phi) is 7.10. The second kappa shape index (κ2) is 9.91. The van der Waals surface area contributed by atoms with Gasteiger partial charge in [-0.05, 0) is 50.3 Å². The fourth-order valence-corrected chi connectivity index (χ4v) is 5.41. The van der Waals surface area contributed by atoms with E-state index < -0.39 is 5.54 Å². The SMILES string of the molecule is COc1ccc2c(c1)c(NC(C)=O)c1n2C[C@](C)(C(=O)NC2CCCCC2)N(CCC(C)C)C1=O. The molecule has 1 saturated carbocycles. The van der Waals surface area contributed by atoms with Gasteiger partial charge in [0, 0.05) is 24.9 Å². The van der Waals surface area contributed by atoms with Crippen LogP contribution < -0.4 is 15.4 Å². The molecular weight excluding hydrogens is 444 g/mol. The maximum Gasteiger partial charge on any atom is 0.273 e. The van der Waals surface area contributed by atoms with Gasteiger partial charge in [0.25, 0.3) is 5.91 Å². The van der Waals surface area contributed by atoms with Crippen LogP contribution in [0.25, 0.3) is 10.9 Å². The summed E-state index contributed by atoms with van der Waals surface area (Å²) in [6.07, 6.45) is 6.17. The number of nitrogens with zero attached hydrogens (tertiary/aromatic N) is 2. The topological polar surface area (TPSA) is 92.7 Å². The third-order valence-corrected chi connectivity index (χ3v) is 7.44. The van der Waals surface area contributed by atoms with Crippen molar-refractivity contribution in [3.63, 3.8) is 0 Å². The van der Waals surface area contributed by atoms with Gasteiger partial charge in [0.05, 0.1) is 24.9 Å². The maximum absolute atomic E-state index is 14.1. The molecule has 0 bridgehead atoms. The monoisotopic (exact) mass is 482 g/mol. The van der Waals surface area contributed by atoms with Crippen molar-refractivity contribution >= 4 is 34.3 Å². The summed E-state index contributed by atoms with van der Waals surface area (Å²) in [5.74, 6) is 0.406. The van der Waals surface area contributed by atoms with Gasteiger partial charge in [-0.25, -0.2) is 0 Å². The zero-order chi connectivity index (χ0) is 25.3. The predicted octanol–water partition coefficient (Wildman–Crippen LogP) is 4.32. The molecule has 1 aliphatic carbocycles. The Bertz CT molecular complexity index is 1130. The quantitative estimate of drug-likeness (QED) is 0.615. The molecule has 0 saturated heterocycles. The average Bonchev–Trinajstić information content (AvgIpc) is 3.11. The van der Waals surface area contributed by atoms with Crippen molar-refractivity contribution in [2.24, 2.45) is 5.92 Å². The number of amides is 3. The van der Waals surface area contributed by atoms with E-state index in [-0.39, 0.29) is 23.8 Å². The first-order chi connectivity index (χ1) is 16.7. The average molecular weight is 483 g/mol. The number of hydrogen-bond donors (Lipinski definition) is 2. The van der Waals surface area contributed by atoms with Gasteiger partial charge < -0.3 is 24.8 Å². The number of benzene rings is 1. The van der Waals surface area contributed by atoms with Crippen LogP contribution in [0.15, 0.2) is 18.2 Å². The molecule has 3 amide bonds. The maximum atomic E-state index is 14.1. The largest absolute Gasteiger partial charge is 0.497 e. The molecule has 35 heavy (non-hydrogen) atoms. The van der Waals surface area contributed by atoms with Gasteiger partial charge in [-0.3, -0.25) is 14.4 Å². The lowest BCUT2D eigenvalue weighted by atomic mass is 9.91. The fourth-order valence-electron chi connectivity index (χ4n) is 5.41. The zero-order valence-corrected chi connectivity index (χ0v) is 21.6. The zero-order valence-electron chi connectivity index (χ0n) is 21.6. The second-order valence-corrected chi connectivity index (χ2v) is 10.6. The molecule has 2 aromatic rings. The number of aromatic nitrogens is 1. The number of carbonyl (C=O) groups is 3. The summed E-state index contributed by atoms with van der Waals surface area (Å²) in [6.45, 7) is 8.31. The van der Waals surface area contributed by atoms with E-state index in [1.165, 1.54) is 13.3 Å². The Morgan fingerprint density at radius 1 is 1.20 bits per heavy atom. The van der Waals surface area contributed by atoms with Crippen LogP contribution in [-0.2, 0) is 16.1 Å². The number of nitrogens with one attached hydrogen (secondary N) is 2. The van der Waals surface area contributed by atoms with E-state index in [2.05, 4.69) is 24.5 Å². The minimum absolute atomic E-state index is 0.108. The number of ether oxygens (including phenoxy) is 1. The molecule has 1 atom stereocenters. The van der Waals surface area contributed by atoms with Crippen LogP contribution in [0.2, 0.25) is 0 Å². The Morgan fingerprint density at radius 3 is 2.54 bits per heavy atom. The Morgan fingerprint density at radius 2 is 1.91 bits per heavy atom. The summed E-state index contributed by atoms with van der Waals surface area (Å²) in [5.41, 5.74) is 0.629. The number of hydrogen-bond acceptors (Lipinski definition) is 4. The van der Waals surface area contributed by atoms with Crippen LogP contribution in [0.5, 0.6) is 5.75 Å². The highest BCUT2D eigenvalue weighted by atomic mass is 16.5. The molecular formula is C27H38N4O4.